The zero-order chi connectivity index (χ0) is 28.9. The second-order valence-corrected chi connectivity index (χ2v) is 11.7. The van der Waals surface area contributed by atoms with E-state index in [9.17, 15) is 9.59 Å². The summed E-state index contributed by atoms with van der Waals surface area (Å²) in [6.45, 7) is 8.26. The number of hydrogen-bond donors (Lipinski definition) is 3. The first-order valence-corrected chi connectivity index (χ1v) is 14.8. The van der Waals surface area contributed by atoms with E-state index in [1.807, 2.05) is 30.5 Å². The number of carbonyl (C=O) groups is 2. The van der Waals surface area contributed by atoms with Crippen LogP contribution in [0, 0.1) is 5.92 Å². The number of nitrogens with one attached hydrogen (secondary N) is 3. The lowest BCUT2D eigenvalue weighted by Crippen LogP contribution is -2.38. The van der Waals surface area contributed by atoms with Gasteiger partial charge in [0.2, 0.25) is 17.8 Å². The first kappa shape index (κ1) is 28.8. The van der Waals surface area contributed by atoms with E-state index in [4.69, 9.17) is 14.7 Å². The van der Waals surface area contributed by atoms with Gasteiger partial charge in [0.1, 0.15) is 6.10 Å². The fourth-order valence-corrected chi connectivity index (χ4v) is 5.67. The minimum absolute atomic E-state index is 0.0139. The Morgan fingerprint density at radius 3 is 2.54 bits per heavy atom. The number of piperidine rings is 1. The van der Waals surface area contributed by atoms with Crippen molar-refractivity contribution in [3.05, 3.63) is 41.6 Å². The zero-order valence-corrected chi connectivity index (χ0v) is 24.5. The zero-order valence-electron chi connectivity index (χ0n) is 24.5. The Labute approximate surface area is 241 Å². The van der Waals surface area contributed by atoms with Crippen molar-refractivity contribution in [2.24, 2.45) is 5.92 Å². The van der Waals surface area contributed by atoms with Crippen LogP contribution in [0.15, 0.2) is 30.5 Å². The minimum Gasteiger partial charge on any atom is -0.460 e. The van der Waals surface area contributed by atoms with Crippen LogP contribution in [0.25, 0.3) is 5.65 Å². The van der Waals surface area contributed by atoms with Gasteiger partial charge in [-0.1, -0.05) is 26.0 Å². The number of carbonyl (C=O) groups excluding carboxylic acids is 2. The van der Waals surface area contributed by atoms with Crippen molar-refractivity contribution >= 4 is 29.1 Å². The summed E-state index contributed by atoms with van der Waals surface area (Å²) in [4.78, 5) is 36.0. The quantitative estimate of drug-likeness (QED) is 0.358. The Hall–Kier alpha value is -3.73. The number of nitrogens with zero attached hydrogens (tertiary/aromatic N) is 5. The summed E-state index contributed by atoms with van der Waals surface area (Å²) < 4.78 is 7.99. The lowest BCUT2D eigenvalue weighted by Gasteiger charge is -2.28. The maximum Gasteiger partial charge on any atom is 0.322 e. The van der Waals surface area contributed by atoms with Crippen LogP contribution < -0.4 is 20.7 Å². The third kappa shape index (κ3) is 7.32. The molecule has 3 N–H and O–H groups in total. The van der Waals surface area contributed by atoms with Crippen LogP contribution in [0.3, 0.4) is 0 Å². The number of hydrogen-bond acceptors (Lipinski definition) is 8. The topological polar surface area (TPSA) is 126 Å². The van der Waals surface area contributed by atoms with Crippen molar-refractivity contribution < 1.29 is 14.3 Å². The van der Waals surface area contributed by atoms with Crippen molar-refractivity contribution in [3.8, 4) is 6.01 Å². The smallest absolute Gasteiger partial charge is 0.322 e. The third-order valence-electron chi connectivity index (χ3n) is 8.09. The Bertz CT molecular complexity index is 1360. The van der Waals surface area contributed by atoms with Crippen molar-refractivity contribution in [2.45, 2.75) is 83.9 Å². The molecule has 1 aliphatic heterocycles. The molecule has 3 aromatic rings. The summed E-state index contributed by atoms with van der Waals surface area (Å²) in [7, 11) is 2.13. The highest BCUT2D eigenvalue weighted by Crippen LogP contribution is 2.27. The molecule has 1 saturated heterocycles. The maximum atomic E-state index is 13.0. The molecule has 2 fully saturated rings. The highest BCUT2D eigenvalue weighted by atomic mass is 16.5. The number of anilines is 2. The lowest BCUT2D eigenvalue weighted by atomic mass is 9.85. The molecule has 0 atom stereocenters. The molecule has 1 saturated carbocycles. The van der Waals surface area contributed by atoms with Gasteiger partial charge in [-0.15, -0.1) is 0 Å². The molecule has 0 radical (unpaired) electrons. The minimum atomic E-state index is -0.0472. The molecule has 0 unspecified atom stereocenters. The largest absolute Gasteiger partial charge is 0.460 e. The molecule has 1 aromatic carbocycles. The number of fused-ring (bicyclic) bond motifs is 1. The Kier molecular flexibility index (Phi) is 9.02. The molecular formula is C30H42N8O3. The first-order valence-electron chi connectivity index (χ1n) is 14.8. The van der Waals surface area contributed by atoms with Crippen LogP contribution in [0.2, 0.25) is 0 Å². The van der Waals surface area contributed by atoms with Gasteiger partial charge in [-0.3, -0.25) is 9.59 Å². The first-order chi connectivity index (χ1) is 19.7. The van der Waals surface area contributed by atoms with Crippen LogP contribution in [0.1, 0.15) is 76.3 Å². The van der Waals surface area contributed by atoms with Gasteiger partial charge in [0.15, 0.2) is 5.65 Å². The summed E-state index contributed by atoms with van der Waals surface area (Å²) in [5.41, 5.74) is 3.55. The SMILES string of the molecule is CC(=O)NC1CCC(C(=O)Nc2cccc(CNc3nc(OC4CCN(C)CC4)nc4c(C(C)C)cnn34)c2)CC1. The average molecular weight is 563 g/mol. The van der Waals surface area contributed by atoms with Gasteiger partial charge in [-0.2, -0.15) is 19.6 Å². The lowest BCUT2D eigenvalue weighted by molar-refractivity contribution is -0.121. The van der Waals surface area contributed by atoms with Crippen molar-refractivity contribution in [1.29, 1.82) is 0 Å². The van der Waals surface area contributed by atoms with Crippen molar-refractivity contribution in [2.75, 3.05) is 30.8 Å². The Morgan fingerprint density at radius 2 is 1.83 bits per heavy atom. The number of amides is 2. The molecule has 220 valence electrons. The van der Waals surface area contributed by atoms with Crippen LogP contribution in [-0.2, 0) is 16.1 Å². The van der Waals surface area contributed by atoms with E-state index in [2.05, 4.69) is 46.8 Å². The van der Waals surface area contributed by atoms with Crippen molar-refractivity contribution in [3.63, 3.8) is 0 Å². The van der Waals surface area contributed by atoms with E-state index < -0.39 is 0 Å². The number of rotatable bonds is 9. The number of aromatic nitrogens is 4. The van der Waals surface area contributed by atoms with E-state index in [0.29, 0.717) is 18.5 Å². The number of benzene rings is 1. The molecule has 11 nitrogen and oxygen atoms in total. The average Bonchev–Trinajstić information content (AvgIpc) is 3.38. The highest BCUT2D eigenvalue weighted by molar-refractivity contribution is 5.92. The van der Waals surface area contributed by atoms with Crippen LogP contribution in [0.4, 0.5) is 11.6 Å². The van der Waals surface area contributed by atoms with Gasteiger partial charge in [0, 0.05) is 49.8 Å². The summed E-state index contributed by atoms with van der Waals surface area (Å²) in [5, 5.41) is 14.0. The summed E-state index contributed by atoms with van der Waals surface area (Å²) in [6.07, 6.45) is 7.01. The summed E-state index contributed by atoms with van der Waals surface area (Å²) in [6, 6.07) is 8.37. The van der Waals surface area contributed by atoms with Crippen LogP contribution in [-0.4, -0.2) is 68.6 Å². The van der Waals surface area contributed by atoms with Gasteiger partial charge in [0.05, 0.1) is 6.20 Å². The van der Waals surface area contributed by atoms with E-state index in [-0.39, 0.29) is 35.8 Å². The fraction of sp³-hybridized carbons (Fsp3) is 0.567. The highest BCUT2D eigenvalue weighted by Gasteiger charge is 2.27. The third-order valence-corrected chi connectivity index (χ3v) is 8.09. The molecule has 0 bridgehead atoms. The molecule has 1 aliphatic carbocycles. The van der Waals surface area contributed by atoms with E-state index in [1.54, 1.807) is 4.52 Å². The second-order valence-electron chi connectivity index (χ2n) is 11.7. The summed E-state index contributed by atoms with van der Waals surface area (Å²) in [5.74, 6) is 0.790. The molecule has 0 spiro atoms. The predicted molar refractivity (Wildman–Crippen MR) is 158 cm³/mol. The van der Waals surface area contributed by atoms with E-state index in [1.165, 1.54) is 6.92 Å². The van der Waals surface area contributed by atoms with Crippen LogP contribution >= 0.6 is 0 Å². The van der Waals surface area contributed by atoms with Crippen molar-refractivity contribution in [1.82, 2.24) is 29.8 Å². The molecule has 2 aromatic heterocycles. The van der Waals surface area contributed by atoms with Crippen LogP contribution in [0.5, 0.6) is 6.01 Å². The standard InChI is InChI=1S/C30H42N8O3/c1-19(2)26-18-32-38-27(26)35-30(41-25-12-14-37(4)15-13-25)36-29(38)31-17-21-6-5-7-24(16-21)34-28(40)22-8-10-23(11-9-22)33-20(3)39/h5-7,16,18-19,22-23,25H,8-15,17H2,1-4H3,(H,33,39)(H,34,40)(H,31,35,36). The molecule has 5 rings (SSSR count). The normalized spacial score (nSPS) is 20.2. The monoisotopic (exact) mass is 562 g/mol. The molecular weight excluding hydrogens is 520 g/mol. The van der Waals surface area contributed by atoms with E-state index in [0.717, 1.165) is 74.1 Å². The van der Waals surface area contributed by atoms with Gasteiger partial charge in [0.25, 0.3) is 0 Å². The molecule has 41 heavy (non-hydrogen) atoms. The predicted octanol–water partition coefficient (Wildman–Crippen LogP) is 3.97. The number of ether oxygens (including phenoxy) is 1. The number of likely N-dealkylation sites (tertiary alicyclic amines) is 1. The van der Waals surface area contributed by atoms with E-state index >= 15 is 0 Å². The van der Waals surface area contributed by atoms with Gasteiger partial charge < -0.3 is 25.6 Å². The summed E-state index contributed by atoms with van der Waals surface area (Å²) >= 11 is 0. The fourth-order valence-electron chi connectivity index (χ4n) is 5.67. The Morgan fingerprint density at radius 1 is 1.07 bits per heavy atom. The molecule has 3 heterocycles. The van der Waals surface area contributed by atoms with Gasteiger partial charge >= 0.3 is 6.01 Å². The molecule has 11 heteroatoms. The molecule has 2 aliphatic rings. The second kappa shape index (κ2) is 12.8. The molecule has 2 amide bonds. The van der Waals surface area contributed by atoms with Gasteiger partial charge in [-0.25, -0.2) is 0 Å². The van der Waals surface area contributed by atoms with Gasteiger partial charge in [-0.05, 0) is 69.2 Å². The maximum absolute atomic E-state index is 13.0. The Balaban J connectivity index is 1.25.